The first-order valence-corrected chi connectivity index (χ1v) is 6.53. The van der Waals surface area contributed by atoms with Crippen LogP contribution in [0.3, 0.4) is 0 Å². The van der Waals surface area contributed by atoms with Gasteiger partial charge in [-0.3, -0.25) is 4.79 Å². The van der Waals surface area contributed by atoms with E-state index in [0.717, 1.165) is 12.1 Å². The van der Waals surface area contributed by atoms with Crippen molar-refractivity contribution in [2.75, 3.05) is 19.5 Å². The lowest BCUT2D eigenvalue weighted by molar-refractivity contribution is 0.0597. The number of benzene rings is 2. The molecule has 0 saturated heterocycles. The van der Waals surface area contributed by atoms with Crippen LogP contribution < -0.4 is 10.1 Å². The third-order valence-electron chi connectivity index (χ3n) is 3.10. The number of methoxy groups -OCH3 is 2. The second-order valence-corrected chi connectivity index (χ2v) is 4.49. The second kappa shape index (κ2) is 6.78. The molecule has 0 fully saturated rings. The van der Waals surface area contributed by atoms with E-state index < -0.39 is 23.4 Å². The Morgan fingerprint density at radius 2 is 1.87 bits per heavy atom. The van der Waals surface area contributed by atoms with Gasteiger partial charge in [0.15, 0.2) is 5.75 Å². The number of anilines is 1. The van der Waals surface area contributed by atoms with E-state index >= 15 is 0 Å². The van der Waals surface area contributed by atoms with Crippen LogP contribution >= 0.6 is 0 Å². The molecule has 0 radical (unpaired) electrons. The van der Waals surface area contributed by atoms with E-state index in [1.807, 2.05) is 0 Å². The summed E-state index contributed by atoms with van der Waals surface area (Å²) in [7, 11) is 2.52. The Labute approximate surface area is 131 Å². The minimum Gasteiger partial charge on any atom is -0.505 e. The summed E-state index contributed by atoms with van der Waals surface area (Å²) in [4.78, 5) is 23.8. The zero-order valence-electron chi connectivity index (χ0n) is 12.4. The van der Waals surface area contributed by atoms with Crippen LogP contribution in [0.25, 0.3) is 0 Å². The number of hydrogen-bond acceptors (Lipinski definition) is 5. The molecule has 2 aromatic carbocycles. The van der Waals surface area contributed by atoms with E-state index in [1.54, 1.807) is 0 Å². The Bertz CT molecular complexity index is 760. The van der Waals surface area contributed by atoms with Crippen LogP contribution in [0.5, 0.6) is 11.5 Å². The van der Waals surface area contributed by atoms with Gasteiger partial charge in [-0.2, -0.15) is 0 Å². The van der Waals surface area contributed by atoms with Gasteiger partial charge in [0, 0.05) is 0 Å². The van der Waals surface area contributed by atoms with Crippen LogP contribution in [-0.4, -0.2) is 31.2 Å². The molecule has 0 aromatic heterocycles. The molecule has 7 heteroatoms. The van der Waals surface area contributed by atoms with Crippen molar-refractivity contribution in [1.82, 2.24) is 0 Å². The molecule has 0 heterocycles. The summed E-state index contributed by atoms with van der Waals surface area (Å²) in [6, 6.07) is 7.69. The number of rotatable bonds is 4. The first kappa shape index (κ1) is 16.3. The molecule has 6 nitrogen and oxygen atoms in total. The highest BCUT2D eigenvalue weighted by molar-refractivity contribution is 6.08. The summed E-state index contributed by atoms with van der Waals surface area (Å²) in [5.41, 5.74) is -0.156. The van der Waals surface area contributed by atoms with Crippen molar-refractivity contribution in [2.45, 2.75) is 0 Å². The van der Waals surface area contributed by atoms with Crippen molar-refractivity contribution in [2.24, 2.45) is 0 Å². The number of hydrogen-bond donors (Lipinski definition) is 2. The molecule has 0 atom stereocenters. The maximum atomic E-state index is 13.3. The summed E-state index contributed by atoms with van der Waals surface area (Å²) < 4.78 is 22.9. The molecule has 0 saturated carbocycles. The molecule has 0 unspecified atom stereocenters. The van der Waals surface area contributed by atoms with E-state index in [-0.39, 0.29) is 22.6 Å². The van der Waals surface area contributed by atoms with Gasteiger partial charge < -0.3 is 19.9 Å². The summed E-state index contributed by atoms with van der Waals surface area (Å²) >= 11 is 0. The largest absolute Gasteiger partial charge is 0.505 e. The quantitative estimate of drug-likeness (QED) is 0.668. The van der Waals surface area contributed by atoms with Crippen molar-refractivity contribution >= 4 is 17.6 Å². The first-order chi connectivity index (χ1) is 11.0. The Morgan fingerprint density at radius 3 is 2.52 bits per heavy atom. The molecular weight excluding hydrogens is 305 g/mol. The van der Waals surface area contributed by atoms with E-state index in [0.29, 0.717) is 0 Å². The van der Waals surface area contributed by atoms with Gasteiger partial charge in [0.05, 0.1) is 25.5 Å². The normalized spacial score (nSPS) is 10.0. The third kappa shape index (κ3) is 3.39. The van der Waals surface area contributed by atoms with Gasteiger partial charge in [0.25, 0.3) is 5.91 Å². The average molecular weight is 319 g/mol. The number of carbonyl (C=O) groups is 2. The number of nitrogens with one attached hydrogen (secondary N) is 1. The first-order valence-electron chi connectivity index (χ1n) is 6.53. The number of esters is 1. The number of phenolic OH excluding ortho intramolecular Hbond substituents is 1. The number of halogens is 1. The van der Waals surface area contributed by atoms with E-state index in [4.69, 9.17) is 4.74 Å². The monoisotopic (exact) mass is 319 g/mol. The molecular formula is C16H14FNO5. The molecule has 2 N–H and O–H groups in total. The van der Waals surface area contributed by atoms with Crippen LogP contribution in [0.4, 0.5) is 10.1 Å². The molecule has 1 amide bonds. The molecule has 120 valence electrons. The van der Waals surface area contributed by atoms with Gasteiger partial charge in [0.1, 0.15) is 17.1 Å². The molecule has 0 aliphatic carbocycles. The second-order valence-electron chi connectivity index (χ2n) is 4.49. The van der Waals surface area contributed by atoms with Gasteiger partial charge in [-0.15, -0.1) is 0 Å². The molecule has 2 rings (SSSR count). The number of aromatic hydroxyl groups is 1. The minimum atomic E-state index is -0.748. The van der Waals surface area contributed by atoms with Crippen molar-refractivity contribution in [3.05, 3.63) is 53.3 Å². The Kier molecular flexibility index (Phi) is 4.80. The number of ether oxygens (including phenoxy) is 2. The fourth-order valence-corrected chi connectivity index (χ4v) is 1.97. The molecule has 0 spiro atoms. The maximum Gasteiger partial charge on any atom is 0.341 e. The van der Waals surface area contributed by atoms with Crippen LogP contribution in [0.2, 0.25) is 0 Å². The fourth-order valence-electron chi connectivity index (χ4n) is 1.97. The lowest BCUT2D eigenvalue weighted by Crippen LogP contribution is -2.14. The lowest BCUT2D eigenvalue weighted by Gasteiger charge is -2.12. The predicted molar refractivity (Wildman–Crippen MR) is 80.4 cm³/mol. The number of para-hydroxylation sites is 1. The van der Waals surface area contributed by atoms with Crippen LogP contribution in [-0.2, 0) is 4.74 Å². The Morgan fingerprint density at radius 1 is 1.13 bits per heavy atom. The highest BCUT2D eigenvalue weighted by Crippen LogP contribution is 2.29. The number of carbonyl (C=O) groups excluding carboxylic acids is 2. The van der Waals surface area contributed by atoms with E-state index in [1.165, 1.54) is 38.5 Å². The fraction of sp³-hybridized carbons (Fsp3) is 0.125. The van der Waals surface area contributed by atoms with E-state index in [9.17, 15) is 19.1 Å². The number of amides is 1. The zero-order valence-corrected chi connectivity index (χ0v) is 12.4. The highest BCUT2D eigenvalue weighted by Gasteiger charge is 2.18. The SMILES string of the molecule is COC(=O)c1cccc(NC(=O)c2cc(F)ccc2OC)c1O. The predicted octanol–water partition coefficient (Wildman–Crippen LogP) is 2.58. The van der Waals surface area contributed by atoms with Crippen LogP contribution in [0.15, 0.2) is 36.4 Å². The van der Waals surface area contributed by atoms with E-state index in [2.05, 4.69) is 10.1 Å². The smallest absolute Gasteiger partial charge is 0.341 e. The van der Waals surface area contributed by atoms with Crippen molar-refractivity contribution in [3.8, 4) is 11.5 Å². The van der Waals surface area contributed by atoms with Crippen LogP contribution in [0.1, 0.15) is 20.7 Å². The minimum absolute atomic E-state index is 0.00999. The number of phenols is 1. The third-order valence-corrected chi connectivity index (χ3v) is 3.10. The van der Waals surface area contributed by atoms with Crippen molar-refractivity contribution in [1.29, 1.82) is 0 Å². The molecule has 0 aliphatic rings. The summed E-state index contributed by atoms with van der Waals surface area (Å²) in [5.74, 6) is -2.32. The summed E-state index contributed by atoms with van der Waals surface area (Å²) in [6.45, 7) is 0. The maximum absolute atomic E-state index is 13.3. The lowest BCUT2D eigenvalue weighted by atomic mass is 10.1. The van der Waals surface area contributed by atoms with Crippen LogP contribution in [0, 0.1) is 5.82 Å². The summed E-state index contributed by atoms with van der Waals surface area (Å²) in [6.07, 6.45) is 0. The average Bonchev–Trinajstić information content (AvgIpc) is 2.56. The summed E-state index contributed by atoms with van der Waals surface area (Å²) in [5, 5.41) is 12.5. The standard InChI is InChI=1S/C16H14FNO5/c1-22-13-7-6-9(17)8-11(13)15(20)18-12-5-3-4-10(14(12)19)16(21)23-2/h3-8,19H,1-2H3,(H,18,20). The van der Waals surface area contributed by atoms with Gasteiger partial charge in [0.2, 0.25) is 0 Å². The molecule has 2 aromatic rings. The molecule has 23 heavy (non-hydrogen) atoms. The molecule has 0 bridgehead atoms. The zero-order chi connectivity index (χ0) is 17.0. The Hall–Kier alpha value is -3.09. The Balaban J connectivity index is 2.35. The van der Waals surface area contributed by atoms with Gasteiger partial charge in [-0.25, -0.2) is 9.18 Å². The highest BCUT2D eigenvalue weighted by atomic mass is 19.1. The topological polar surface area (TPSA) is 84.9 Å². The van der Waals surface area contributed by atoms with Crippen molar-refractivity contribution < 1.29 is 28.6 Å². The van der Waals surface area contributed by atoms with Gasteiger partial charge >= 0.3 is 5.97 Å². The van der Waals surface area contributed by atoms with Gasteiger partial charge in [-0.1, -0.05) is 6.07 Å². The van der Waals surface area contributed by atoms with Gasteiger partial charge in [-0.05, 0) is 30.3 Å². The van der Waals surface area contributed by atoms with Crippen molar-refractivity contribution in [3.63, 3.8) is 0 Å². The molecule has 0 aliphatic heterocycles.